The fraction of sp³-hybridized carbons (Fsp3) is 0.0833. The summed E-state index contributed by atoms with van der Waals surface area (Å²) < 4.78 is 2.07. The predicted molar refractivity (Wildman–Crippen MR) is 75.0 cm³/mol. The van der Waals surface area contributed by atoms with E-state index in [1.54, 1.807) is 19.2 Å². The fourth-order valence-corrected chi connectivity index (χ4v) is 2.11. The van der Waals surface area contributed by atoms with Crippen LogP contribution in [0.4, 0.5) is 5.82 Å². The lowest BCUT2D eigenvalue weighted by Crippen LogP contribution is -2.14. The summed E-state index contributed by atoms with van der Waals surface area (Å²) >= 11 is 9.13. The minimum atomic E-state index is -0.385. The van der Waals surface area contributed by atoms with Crippen molar-refractivity contribution >= 4 is 39.3 Å². The third-order valence-corrected chi connectivity index (χ3v) is 3.28. The van der Waals surface area contributed by atoms with Gasteiger partial charge in [0.15, 0.2) is 5.82 Å². The van der Waals surface area contributed by atoms with Gasteiger partial charge in [-0.1, -0.05) is 11.6 Å². The van der Waals surface area contributed by atoms with Gasteiger partial charge in [0.25, 0.3) is 5.91 Å². The number of rotatable bonds is 2. The number of benzene rings is 1. The second kappa shape index (κ2) is 5.43. The average Bonchev–Trinajstić information content (AvgIpc) is 2.72. The van der Waals surface area contributed by atoms with E-state index in [1.165, 1.54) is 16.9 Å². The molecule has 0 aliphatic heterocycles. The van der Waals surface area contributed by atoms with Gasteiger partial charge in [-0.2, -0.15) is 10.4 Å². The van der Waals surface area contributed by atoms with Crippen LogP contribution in [-0.4, -0.2) is 15.7 Å². The third kappa shape index (κ3) is 2.95. The van der Waals surface area contributed by atoms with Crippen molar-refractivity contribution in [2.24, 2.45) is 7.05 Å². The number of carbonyl (C=O) groups is 1. The number of anilines is 1. The molecule has 2 aromatic rings. The zero-order valence-corrected chi connectivity index (χ0v) is 12.2. The summed E-state index contributed by atoms with van der Waals surface area (Å²) in [5.74, 6) is -0.161. The van der Waals surface area contributed by atoms with Gasteiger partial charge in [0, 0.05) is 22.7 Å². The van der Waals surface area contributed by atoms with Crippen LogP contribution in [0.2, 0.25) is 5.02 Å². The van der Waals surface area contributed by atoms with E-state index in [2.05, 4.69) is 26.3 Å². The van der Waals surface area contributed by atoms with E-state index in [4.69, 9.17) is 16.9 Å². The number of hydrogen-bond acceptors (Lipinski definition) is 3. The van der Waals surface area contributed by atoms with Gasteiger partial charge < -0.3 is 5.32 Å². The Hall–Kier alpha value is -1.84. The molecule has 96 valence electrons. The predicted octanol–water partition coefficient (Wildman–Crippen LogP) is 2.96. The lowest BCUT2D eigenvalue weighted by molar-refractivity contribution is 0.102. The minimum absolute atomic E-state index is 0.224. The molecule has 1 N–H and O–H groups in total. The molecular formula is C12H8BrClN4O. The first kappa shape index (κ1) is 13.6. The number of nitrogens with zero attached hydrogens (tertiary/aromatic N) is 3. The molecule has 1 aromatic heterocycles. The highest BCUT2D eigenvalue weighted by molar-refractivity contribution is 9.10. The van der Waals surface area contributed by atoms with E-state index >= 15 is 0 Å². The molecule has 0 fully saturated rings. The Morgan fingerprint density at radius 2 is 2.32 bits per heavy atom. The van der Waals surface area contributed by atoms with Crippen LogP contribution in [0.15, 0.2) is 28.9 Å². The smallest absolute Gasteiger partial charge is 0.258 e. The van der Waals surface area contributed by atoms with Gasteiger partial charge in [0.05, 0.1) is 5.56 Å². The summed E-state index contributed by atoms with van der Waals surface area (Å²) in [7, 11) is 1.67. The summed E-state index contributed by atoms with van der Waals surface area (Å²) in [6.07, 6.45) is 1.53. The molecule has 2 rings (SSSR count). The molecule has 0 aliphatic rings. The molecule has 19 heavy (non-hydrogen) atoms. The topological polar surface area (TPSA) is 70.7 Å². The average molecular weight is 340 g/mol. The van der Waals surface area contributed by atoms with E-state index in [0.29, 0.717) is 20.6 Å². The second-order valence-corrected chi connectivity index (χ2v) is 5.05. The zero-order chi connectivity index (χ0) is 14.0. The van der Waals surface area contributed by atoms with Crippen LogP contribution in [-0.2, 0) is 7.05 Å². The van der Waals surface area contributed by atoms with Crippen molar-refractivity contribution < 1.29 is 4.79 Å². The molecule has 0 unspecified atom stereocenters. The maximum atomic E-state index is 12.1. The van der Waals surface area contributed by atoms with Crippen LogP contribution in [0.1, 0.15) is 15.9 Å². The highest BCUT2D eigenvalue weighted by Gasteiger charge is 2.15. The summed E-state index contributed by atoms with van der Waals surface area (Å²) in [5, 5.41) is 16.0. The Balaban J connectivity index is 2.31. The highest BCUT2D eigenvalue weighted by Crippen LogP contribution is 2.22. The molecule has 0 aliphatic carbocycles. The lowest BCUT2D eigenvalue weighted by atomic mass is 10.2. The Labute approximate surface area is 122 Å². The molecule has 0 spiro atoms. The van der Waals surface area contributed by atoms with Gasteiger partial charge in [-0.05, 0) is 34.1 Å². The number of hydrogen-bond donors (Lipinski definition) is 1. The molecule has 1 amide bonds. The molecular weight excluding hydrogens is 332 g/mol. The largest absolute Gasteiger partial charge is 0.304 e. The number of nitrogens with one attached hydrogen (secondary N) is 1. The normalized spacial score (nSPS) is 10.0. The van der Waals surface area contributed by atoms with Crippen molar-refractivity contribution in [3.8, 4) is 6.07 Å². The van der Waals surface area contributed by atoms with Gasteiger partial charge in [-0.15, -0.1) is 0 Å². The summed E-state index contributed by atoms with van der Waals surface area (Å²) in [4.78, 5) is 12.1. The zero-order valence-electron chi connectivity index (χ0n) is 9.82. The Morgan fingerprint density at radius 1 is 1.58 bits per heavy atom. The first-order chi connectivity index (χ1) is 9.01. The van der Waals surface area contributed by atoms with Crippen LogP contribution in [0.5, 0.6) is 0 Å². The van der Waals surface area contributed by atoms with Gasteiger partial charge >= 0.3 is 0 Å². The lowest BCUT2D eigenvalue weighted by Gasteiger charge is -2.05. The maximum absolute atomic E-state index is 12.1. The van der Waals surface area contributed by atoms with Crippen molar-refractivity contribution in [1.82, 2.24) is 9.78 Å². The summed E-state index contributed by atoms with van der Waals surface area (Å²) in [6, 6.07) is 6.85. The molecule has 1 aromatic carbocycles. The molecule has 7 heteroatoms. The molecule has 1 heterocycles. The molecule has 0 saturated carbocycles. The second-order valence-electron chi connectivity index (χ2n) is 3.76. The van der Waals surface area contributed by atoms with Crippen LogP contribution < -0.4 is 5.32 Å². The number of halogens is 2. The van der Waals surface area contributed by atoms with Gasteiger partial charge in [-0.3, -0.25) is 9.48 Å². The molecule has 0 saturated heterocycles. The van der Waals surface area contributed by atoms with Crippen molar-refractivity contribution in [3.05, 3.63) is 45.0 Å². The monoisotopic (exact) mass is 338 g/mol. The molecule has 0 bridgehead atoms. The van der Waals surface area contributed by atoms with E-state index < -0.39 is 0 Å². The van der Waals surface area contributed by atoms with Gasteiger partial charge in [0.1, 0.15) is 11.6 Å². The number of aromatic nitrogens is 2. The van der Waals surface area contributed by atoms with Crippen LogP contribution in [0.25, 0.3) is 0 Å². The number of nitriles is 1. The standard InChI is InChI=1S/C12H8BrClN4O/c1-18-6-7(5-15)11(17-18)16-12(19)9-4-8(14)2-3-10(9)13/h2-4,6H,1H3,(H,16,17,19). The Bertz CT molecular complexity index is 690. The van der Waals surface area contributed by atoms with Crippen LogP contribution in [0.3, 0.4) is 0 Å². The van der Waals surface area contributed by atoms with E-state index in [9.17, 15) is 4.79 Å². The van der Waals surface area contributed by atoms with Crippen molar-refractivity contribution in [3.63, 3.8) is 0 Å². The Kier molecular flexibility index (Phi) is 3.88. The van der Waals surface area contributed by atoms with Crippen LogP contribution >= 0.6 is 27.5 Å². The van der Waals surface area contributed by atoms with E-state index in [0.717, 1.165) is 0 Å². The minimum Gasteiger partial charge on any atom is -0.304 e. The molecule has 0 radical (unpaired) electrons. The van der Waals surface area contributed by atoms with Crippen molar-refractivity contribution in [1.29, 1.82) is 5.26 Å². The number of amides is 1. The summed E-state index contributed by atoms with van der Waals surface area (Å²) in [6.45, 7) is 0. The van der Waals surface area contributed by atoms with Crippen LogP contribution in [0, 0.1) is 11.3 Å². The number of aryl methyl sites for hydroxylation is 1. The van der Waals surface area contributed by atoms with Gasteiger partial charge in [0.2, 0.25) is 0 Å². The fourth-order valence-electron chi connectivity index (χ4n) is 1.51. The van der Waals surface area contributed by atoms with E-state index in [1.807, 2.05) is 6.07 Å². The molecule has 0 atom stereocenters. The summed E-state index contributed by atoms with van der Waals surface area (Å²) in [5.41, 5.74) is 0.677. The first-order valence-electron chi connectivity index (χ1n) is 5.21. The molecule has 5 nitrogen and oxygen atoms in total. The SMILES string of the molecule is Cn1cc(C#N)c(NC(=O)c2cc(Cl)ccc2Br)n1. The number of carbonyl (C=O) groups excluding carboxylic acids is 1. The van der Waals surface area contributed by atoms with E-state index in [-0.39, 0.29) is 11.7 Å². The van der Waals surface area contributed by atoms with Crippen molar-refractivity contribution in [2.45, 2.75) is 0 Å². The third-order valence-electron chi connectivity index (χ3n) is 2.35. The maximum Gasteiger partial charge on any atom is 0.258 e. The Morgan fingerprint density at radius 3 is 3.00 bits per heavy atom. The van der Waals surface area contributed by atoms with Gasteiger partial charge in [-0.25, -0.2) is 0 Å². The van der Waals surface area contributed by atoms with Crippen molar-refractivity contribution in [2.75, 3.05) is 5.32 Å². The quantitative estimate of drug-likeness (QED) is 0.914. The first-order valence-corrected chi connectivity index (χ1v) is 6.38. The highest BCUT2D eigenvalue weighted by atomic mass is 79.9.